The van der Waals surface area contributed by atoms with Crippen LogP contribution in [0.15, 0.2) is 212 Å². The number of methoxy groups -OCH3 is 4. The van der Waals surface area contributed by atoms with Gasteiger partial charge in [-0.3, -0.25) is 4.79 Å². The summed E-state index contributed by atoms with van der Waals surface area (Å²) < 4.78 is 35.0. The van der Waals surface area contributed by atoms with E-state index in [9.17, 15) is 9.90 Å². The maximum Gasteiger partial charge on any atom is 0.191 e. The third kappa shape index (κ3) is 30.3. The molecule has 0 saturated carbocycles. The van der Waals surface area contributed by atoms with Crippen molar-refractivity contribution in [2.75, 3.05) is 105 Å². The van der Waals surface area contributed by atoms with Crippen LogP contribution in [-0.2, 0) is 13.6 Å². The van der Waals surface area contributed by atoms with Gasteiger partial charge in [-0.05, 0) is 119 Å². The Bertz CT molecular complexity index is 3670. The first-order chi connectivity index (χ1) is 48.4. The summed E-state index contributed by atoms with van der Waals surface area (Å²) in [6.07, 6.45) is 6.60. The first-order valence-electron chi connectivity index (χ1n) is 36.0. The highest BCUT2D eigenvalue weighted by atomic mass is 35.6. The van der Waals surface area contributed by atoms with Gasteiger partial charge in [0, 0.05) is 132 Å². The molecule has 0 heterocycles. The second-order valence-electron chi connectivity index (χ2n) is 30.8. The molecule has 8 rings (SSSR count). The van der Waals surface area contributed by atoms with Crippen LogP contribution >= 0.6 is 11.1 Å². The first-order valence-corrected chi connectivity index (χ1v) is 45.8. The van der Waals surface area contributed by atoms with Crippen LogP contribution in [0.5, 0.6) is 23.0 Å². The Morgan fingerprint density at radius 2 is 0.748 bits per heavy atom. The Hall–Kier alpha value is -7.41. The lowest BCUT2D eigenvalue weighted by atomic mass is 9.88. The zero-order chi connectivity index (χ0) is 77.2. The van der Waals surface area contributed by atoms with Crippen LogP contribution in [0.25, 0.3) is 6.08 Å². The van der Waals surface area contributed by atoms with Crippen molar-refractivity contribution in [3.05, 3.63) is 251 Å². The van der Waals surface area contributed by atoms with Crippen LogP contribution < -0.4 is 33.6 Å². The summed E-state index contributed by atoms with van der Waals surface area (Å²) in [6, 6.07) is 70.3. The van der Waals surface area contributed by atoms with Gasteiger partial charge in [-0.25, -0.2) is 0 Å². The molecule has 0 spiro atoms. The minimum Gasteiger partial charge on any atom is -0.497 e. The fourth-order valence-corrected chi connectivity index (χ4v) is 12.2. The zero-order valence-corrected chi connectivity index (χ0v) is 71.1. The number of rotatable bonds is 25. The molecule has 0 saturated heterocycles. The Labute approximate surface area is 631 Å². The molecule has 1 N–H and O–H groups in total. The molecule has 0 amide bonds. The summed E-state index contributed by atoms with van der Waals surface area (Å²) in [5.41, 5.74) is 11.8. The smallest absolute Gasteiger partial charge is 0.191 e. The Kier molecular flexibility index (Phi) is 38.2. The average molecular weight is 1480 g/mol. The van der Waals surface area contributed by atoms with E-state index < -0.39 is 24.0 Å². The lowest BCUT2D eigenvalue weighted by Gasteiger charge is -2.36. The Balaban J connectivity index is 0.000000338. The predicted molar refractivity (Wildman–Crippen MR) is 452 cm³/mol. The zero-order valence-electron chi connectivity index (χ0n) is 67.4. The number of carbonyl (C=O) groups excluding carboxylic acids is 1. The number of halogens is 1. The van der Waals surface area contributed by atoms with E-state index in [1.807, 2.05) is 124 Å². The van der Waals surface area contributed by atoms with Crippen LogP contribution in [0.3, 0.4) is 0 Å². The van der Waals surface area contributed by atoms with Crippen molar-refractivity contribution in [2.45, 2.75) is 154 Å². The van der Waals surface area contributed by atoms with Gasteiger partial charge in [-0.1, -0.05) is 239 Å². The second kappa shape index (κ2) is 43.8. The monoisotopic (exact) mass is 1470 g/mol. The van der Waals surface area contributed by atoms with E-state index in [1.165, 1.54) is 33.9 Å². The number of aliphatic hydroxyl groups excluding tert-OH is 1. The Morgan fingerprint density at radius 1 is 0.408 bits per heavy atom. The summed E-state index contributed by atoms with van der Waals surface area (Å²) in [7, 11) is 14.1. The van der Waals surface area contributed by atoms with Gasteiger partial charge >= 0.3 is 0 Å². The first kappa shape index (κ1) is 89.8. The van der Waals surface area contributed by atoms with Crippen molar-refractivity contribution in [3.63, 3.8) is 0 Å². The quantitative estimate of drug-likeness (QED) is 0.0256. The van der Waals surface area contributed by atoms with Crippen molar-refractivity contribution >= 4 is 64.5 Å². The third-order valence-corrected chi connectivity index (χ3v) is 34.0. The highest BCUT2D eigenvalue weighted by Crippen LogP contribution is 2.43. The minimum atomic E-state index is -1.76. The van der Waals surface area contributed by atoms with Gasteiger partial charge in [0.1, 0.15) is 29.3 Å². The number of allylic oxidation sites excluding steroid dienone is 1. The molecule has 0 aromatic heterocycles. The minimum absolute atomic E-state index is 0.141. The molecule has 8 aromatic rings. The SMILES string of the molecule is CC(C)(C)[Si](C)(C)Cl.COc1cc(N(C)C)ccc1[C@@H](CCO)c1ccccc1.COc1cc(N(C)C)ccc1[C@@H](CCO[Si](C)(C)C(C)(C)C)c1ccccc1.COc1cccc(N(C)C)c1.COc1ccccc1[C@@H](CCO[Si](C)(C)C(C)(C)C)c1ccccc1.O=C/C=C/c1ccccc1. The lowest BCUT2D eigenvalue weighted by Crippen LogP contribution is -2.41. The summed E-state index contributed by atoms with van der Waals surface area (Å²) in [6.45, 7) is 35.6. The highest BCUT2D eigenvalue weighted by molar-refractivity contribution is 7.20. The predicted octanol–water partition coefficient (Wildman–Crippen LogP) is 22.7. The molecular weight excluding hydrogens is 1350 g/mol. The number of aliphatic hydroxyl groups is 1. The van der Waals surface area contributed by atoms with Gasteiger partial charge in [-0.2, -0.15) is 11.1 Å². The number of carbonyl (C=O) groups is 1. The van der Waals surface area contributed by atoms with Crippen LogP contribution in [-0.4, -0.2) is 126 Å². The van der Waals surface area contributed by atoms with E-state index >= 15 is 0 Å². The maximum absolute atomic E-state index is 9.89. The average Bonchev–Trinajstić information content (AvgIpc) is 0.817. The second-order valence-corrected chi connectivity index (χ2v) is 47.7. The summed E-state index contributed by atoms with van der Waals surface area (Å²) >= 11 is 6.15. The number of benzene rings is 8. The molecule has 0 fully saturated rings. The van der Waals surface area contributed by atoms with Gasteiger partial charge in [0.15, 0.2) is 24.0 Å². The normalized spacial score (nSPS) is 12.4. The van der Waals surface area contributed by atoms with Gasteiger partial charge < -0.3 is 47.6 Å². The number of para-hydroxylation sites is 1. The van der Waals surface area contributed by atoms with E-state index in [-0.39, 0.29) is 34.4 Å². The molecule has 0 aliphatic carbocycles. The van der Waals surface area contributed by atoms with E-state index in [0.29, 0.717) is 11.5 Å². The summed E-state index contributed by atoms with van der Waals surface area (Å²) in [5, 5.41) is 10.2. The molecule has 3 atom stereocenters. The van der Waals surface area contributed by atoms with Crippen LogP contribution in [0.4, 0.5) is 17.1 Å². The lowest BCUT2D eigenvalue weighted by molar-refractivity contribution is -0.104. The van der Waals surface area contributed by atoms with E-state index in [2.05, 4.69) is 241 Å². The molecule has 103 heavy (non-hydrogen) atoms. The van der Waals surface area contributed by atoms with Crippen molar-refractivity contribution < 1.29 is 37.7 Å². The molecule has 0 unspecified atom stereocenters. The topological polar surface area (TPSA) is 102 Å². The largest absolute Gasteiger partial charge is 0.497 e. The molecule has 8 aromatic carbocycles. The molecule has 562 valence electrons. The summed E-state index contributed by atoms with van der Waals surface area (Å²) in [4.78, 5) is 16.1. The number of aldehydes is 1. The summed E-state index contributed by atoms with van der Waals surface area (Å²) in [5.74, 6) is 4.32. The van der Waals surface area contributed by atoms with Crippen LogP contribution in [0, 0.1) is 0 Å². The van der Waals surface area contributed by atoms with E-state index in [1.54, 1.807) is 34.5 Å². The van der Waals surface area contributed by atoms with Crippen LogP contribution in [0.2, 0.25) is 54.4 Å². The third-order valence-electron chi connectivity index (χ3n) is 19.6. The number of hydrogen-bond acceptors (Lipinski definition) is 11. The Morgan fingerprint density at radius 3 is 1.08 bits per heavy atom. The molecule has 11 nitrogen and oxygen atoms in total. The fraction of sp³-hybridized carbons (Fsp3) is 0.420. The number of hydrogen-bond donors (Lipinski definition) is 1. The van der Waals surface area contributed by atoms with E-state index in [0.717, 1.165) is 83.5 Å². The molecule has 0 bridgehead atoms. The van der Waals surface area contributed by atoms with E-state index in [4.69, 9.17) is 38.9 Å². The standard InChI is InChI=1S/C24H37NO2Si.C22H32O2Si.C18H23NO2.C9H13NO.C9H8O.C6H15ClSi/c1-24(2,3)28(7,8)27-17-16-21(19-12-10-9-11-13-19)22-15-14-20(25(4)5)18-23(22)26-6;1-22(2,3)25(5,6)24-17-16-19(18-12-8-7-9-13-18)20-14-10-11-15-21(20)23-4;1-19(2)15-9-10-17(18(13-15)21-3)16(11-12-20)14-7-5-4-6-8-14;1-10(2)8-5-4-6-9(7-8)11-3;10-8-4-7-9-5-2-1-3-6-9;1-6(2,3)8(4,5)7/h9-15,18,21H,16-17H2,1-8H3;7-15,19H,16-17H2,1-6H3;4-10,13,16,20H,11-12H2,1-3H3;4-7H,1-3H3;1-8H;1-5H3/b;;;;7-4+;/t21-;19-;16-;;;/m000.../s1. The van der Waals surface area contributed by atoms with Gasteiger partial charge in [-0.15, -0.1) is 0 Å². The molecule has 15 heteroatoms. The number of nitrogens with zero attached hydrogens (tertiary/aromatic N) is 3. The number of ether oxygens (including phenoxy) is 4. The van der Waals surface area contributed by atoms with Crippen molar-refractivity contribution in [1.82, 2.24) is 0 Å². The molecule has 0 aliphatic rings. The molecule has 0 radical (unpaired) electrons. The molecule has 0 aliphatic heterocycles. The maximum atomic E-state index is 9.89. The van der Waals surface area contributed by atoms with Crippen molar-refractivity contribution in [2.24, 2.45) is 0 Å². The number of anilines is 3. The van der Waals surface area contributed by atoms with Crippen molar-refractivity contribution in [3.8, 4) is 23.0 Å². The fourth-order valence-electron chi connectivity index (χ4n) is 10.1. The van der Waals surface area contributed by atoms with Gasteiger partial charge in [0.2, 0.25) is 0 Å². The molecular formula is C88H128ClN3O8Si3. The van der Waals surface area contributed by atoms with Gasteiger partial charge in [0.05, 0.1) is 28.4 Å². The van der Waals surface area contributed by atoms with Crippen molar-refractivity contribution in [1.29, 1.82) is 0 Å². The highest BCUT2D eigenvalue weighted by Gasteiger charge is 2.39. The van der Waals surface area contributed by atoms with Crippen LogP contribution in [0.1, 0.15) is 138 Å². The van der Waals surface area contributed by atoms with Gasteiger partial charge in [0.25, 0.3) is 0 Å².